The van der Waals surface area contributed by atoms with E-state index in [-0.39, 0.29) is 6.10 Å². The first-order valence-electron chi connectivity index (χ1n) is 9.15. The van der Waals surface area contributed by atoms with Gasteiger partial charge in [0.2, 0.25) is 0 Å². The van der Waals surface area contributed by atoms with E-state index in [1.54, 1.807) is 12.4 Å². The number of ether oxygens (including phenoxy) is 2. The predicted molar refractivity (Wildman–Crippen MR) is 108 cm³/mol. The van der Waals surface area contributed by atoms with E-state index in [0.717, 1.165) is 11.1 Å². The van der Waals surface area contributed by atoms with E-state index < -0.39 is 17.2 Å². The van der Waals surface area contributed by atoms with Crippen molar-refractivity contribution >= 4 is 17.6 Å². The number of nitrogens with one attached hydrogen (secondary N) is 1. The molecule has 28 heavy (non-hydrogen) atoms. The van der Waals surface area contributed by atoms with Crippen LogP contribution in [0.25, 0.3) is 0 Å². The van der Waals surface area contributed by atoms with Crippen molar-refractivity contribution in [3.05, 3.63) is 53.9 Å². The van der Waals surface area contributed by atoms with Crippen molar-refractivity contribution in [3.8, 4) is 5.75 Å². The van der Waals surface area contributed by atoms with Crippen molar-refractivity contribution in [1.29, 1.82) is 0 Å². The molecule has 0 bridgehead atoms. The second-order valence-electron chi connectivity index (χ2n) is 7.97. The fourth-order valence-corrected chi connectivity index (χ4v) is 3.00. The van der Waals surface area contributed by atoms with Gasteiger partial charge in [-0.05, 0) is 70.0 Å². The van der Waals surface area contributed by atoms with Gasteiger partial charge in [-0.2, -0.15) is 0 Å². The number of carbonyl (C=O) groups is 1. The number of nitrogens with two attached hydrogens (primary N) is 1. The third kappa shape index (κ3) is 4.08. The second kappa shape index (κ2) is 7.14. The van der Waals surface area contributed by atoms with Crippen LogP contribution in [0, 0.1) is 0 Å². The summed E-state index contributed by atoms with van der Waals surface area (Å²) in [5.74, 6) is 1.06. The zero-order valence-corrected chi connectivity index (χ0v) is 16.8. The standard InChI is InChI=1S/C21H26N4O3/c1-13-18(22)24-16-12-15(6-7-17(16)27-13)21(5,14-8-10-23-11-9-14)25-19(26)28-20(2,3)4/h6-13H,1-5H3,(H2,22,24)(H,25,26). The summed E-state index contributed by atoms with van der Waals surface area (Å²) in [4.78, 5) is 21.1. The molecule has 0 fully saturated rings. The highest BCUT2D eigenvalue weighted by Crippen LogP contribution is 2.38. The number of carbonyl (C=O) groups excluding carboxylic acids is 1. The molecule has 3 rings (SSSR count). The minimum atomic E-state index is -0.867. The molecule has 1 amide bonds. The van der Waals surface area contributed by atoms with Gasteiger partial charge in [-0.3, -0.25) is 4.98 Å². The van der Waals surface area contributed by atoms with E-state index in [1.807, 2.05) is 65.0 Å². The van der Waals surface area contributed by atoms with Gasteiger partial charge in [0.1, 0.15) is 22.9 Å². The Morgan fingerprint density at radius 1 is 1.14 bits per heavy atom. The Morgan fingerprint density at radius 2 is 1.82 bits per heavy atom. The SMILES string of the molecule is CC1Oc2ccc(C(C)(NC(=O)OC(C)(C)C)c3ccncc3)cc2N=C1N. The fraction of sp³-hybridized carbons (Fsp3) is 0.381. The Bertz CT molecular complexity index is 906. The number of fused-ring (bicyclic) bond motifs is 1. The van der Waals surface area contributed by atoms with Crippen molar-refractivity contribution in [2.24, 2.45) is 10.7 Å². The van der Waals surface area contributed by atoms with E-state index in [2.05, 4.69) is 15.3 Å². The molecule has 1 aliphatic rings. The molecular formula is C21H26N4O3. The lowest BCUT2D eigenvalue weighted by Crippen LogP contribution is -2.46. The van der Waals surface area contributed by atoms with Gasteiger partial charge in [0, 0.05) is 12.4 Å². The average molecular weight is 382 g/mol. The van der Waals surface area contributed by atoms with Gasteiger partial charge in [-0.15, -0.1) is 0 Å². The van der Waals surface area contributed by atoms with Gasteiger partial charge in [0.15, 0.2) is 6.10 Å². The molecule has 7 heteroatoms. The van der Waals surface area contributed by atoms with Crippen LogP contribution in [-0.2, 0) is 10.3 Å². The maximum absolute atomic E-state index is 12.6. The molecule has 0 saturated carbocycles. The molecule has 2 atom stereocenters. The number of amides is 1. The number of nitrogens with zero attached hydrogens (tertiary/aromatic N) is 2. The highest BCUT2D eigenvalue weighted by Gasteiger charge is 2.34. The Balaban J connectivity index is 2.04. The van der Waals surface area contributed by atoms with Crippen LogP contribution in [0.3, 0.4) is 0 Å². The van der Waals surface area contributed by atoms with Crippen LogP contribution in [-0.4, -0.2) is 28.6 Å². The number of hydrogen-bond acceptors (Lipinski definition) is 6. The van der Waals surface area contributed by atoms with E-state index in [9.17, 15) is 4.79 Å². The zero-order chi connectivity index (χ0) is 20.5. The lowest BCUT2D eigenvalue weighted by Gasteiger charge is -2.34. The highest BCUT2D eigenvalue weighted by atomic mass is 16.6. The van der Waals surface area contributed by atoms with E-state index in [4.69, 9.17) is 15.2 Å². The number of benzene rings is 1. The minimum Gasteiger partial charge on any atom is -0.481 e. The van der Waals surface area contributed by atoms with Gasteiger partial charge in [-0.25, -0.2) is 9.79 Å². The molecule has 0 spiro atoms. The third-order valence-corrected chi connectivity index (χ3v) is 4.51. The summed E-state index contributed by atoms with van der Waals surface area (Å²) in [5.41, 5.74) is 6.76. The van der Waals surface area contributed by atoms with E-state index >= 15 is 0 Å². The largest absolute Gasteiger partial charge is 0.481 e. The van der Waals surface area contributed by atoms with Crippen molar-refractivity contribution < 1.29 is 14.3 Å². The van der Waals surface area contributed by atoms with E-state index in [0.29, 0.717) is 17.3 Å². The molecule has 1 aliphatic heterocycles. The molecule has 2 unspecified atom stereocenters. The molecule has 7 nitrogen and oxygen atoms in total. The number of aliphatic imine (C=N–C) groups is 1. The Morgan fingerprint density at radius 3 is 2.46 bits per heavy atom. The molecule has 0 saturated heterocycles. The molecule has 2 heterocycles. The predicted octanol–water partition coefficient (Wildman–Crippen LogP) is 3.64. The Kier molecular flexibility index (Phi) is 5.02. The number of alkyl carbamates (subject to hydrolysis) is 1. The Labute approximate surface area is 165 Å². The molecule has 1 aromatic heterocycles. The molecule has 2 aromatic rings. The first-order chi connectivity index (χ1) is 13.1. The first-order valence-corrected chi connectivity index (χ1v) is 9.15. The lowest BCUT2D eigenvalue weighted by molar-refractivity contribution is 0.0479. The number of amidine groups is 1. The monoisotopic (exact) mass is 382 g/mol. The third-order valence-electron chi connectivity index (χ3n) is 4.51. The summed E-state index contributed by atoms with van der Waals surface area (Å²) in [5, 5.41) is 3.00. The highest BCUT2D eigenvalue weighted by molar-refractivity contribution is 5.89. The zero-order valence-electron chi connectivity index (χ0n) is 16.8. The van der Waals surface area contributed by atoms with Crippen LogP contribution in [0.15, 0.2) is 47.7 Å². The molecular weight excluding hydrogens is 356 g/mol. The molecule has 0 aliphatic carbocycles. The van der Waals surface area contributed by atoms with Gasteiger partial charge >= 0.3 is 6.09 Å². The second-order valence-corrected chi connectivity index (χ2v) is 7.97. The van der Waals surface area contributed by atoms with Crippen LogP contribution in [0.5, 0.6) is 5.75 Å². The van der Waals surface area contributed by atoms with E-state index in [1.165, 1.54) is 0 Å². The molecule has 1 aromatic carbocycles. The van der Waals surface area contributed by atoms with Gasteiger partial charge in [0.25, 0.3) is 0 Å². The van der Waals surface area contributed by atoms with Crippen molar-refractivity contribution in [1.82, 2.24) is 10.3 Å². The number of hydrogen-bond donors (Lipinski definition) is 2. The Hall–Kier alpha value is -3.09. The molecule has 0 radical (unpaired) electrons. The normalized spacial score (nSPS) is 18.2. The number of aromatic nitrogens is 1. The van der Waals surface area contributed by atoms with Crippen LogP contribution in [0.2, 0.25) is 0 Å². The number of pyridine rings is 1. The molecule has 148 valence electrons. The summed E-state index contributed by atoms with van der Waals surface area (Å²) in [7, 11) is 0. The van der Waals surface area contributed by atoms with Gasteiger partial charge in [0.05, 0.1) is 5.54 Å². The van der Waals surface area contributed by atoms with Crippen LogP contribution < -0.4 is 15.8 Å². The van der Waals surface area contributed by atoms with Crippen molar-refractivity contribution in [2.75, 3.05) is 0 Å². The maximum Gasteiger partial charge on any atom is 0.408 e. The summed E-state index contributed by atoms with van der Waals surface area (Å²) in [6.07, 6.45) is 2.58. The smallest absolute Gasteiger partial charge is 0.408 e. The summed E-state index contributed by atoms with van der Waals surface area (Å²) in [6, 6.07) is 9.32. The van der Waals surface area contributed by atoms with Crippen LogP contribution in [0.4, 0.5) is 10.5 Å². The lowest BCUT2D eigenvalue weighted by atomic mass is 9.85. The maximum atomic E-state index is 12.6. The first kappa shape index (κ1) is 19.7. The van der Waals surface area contributed by atoms with Crippen LogP contribution in [0.1, 0.15) is 45.7 Å². The fourth-order valence-electron chi connectivity index (χ4n) is 3.00. The summed E-state index contributed by atoms with van der Waals surface area (Å²) < 4.78 is 11.3. The van der Waals surface area contributed by atoms with Crippen molar-refractivity contribution in [3.63, 3.8) is 0 Å². The summed E-state index contributed by atoms with van der Waals surface area (Å²) >= 11 is 0. The van der Waals surface area contributed by atoms with Gasteiger partial charge < -0.3 is 20.5 Å². The molecule has 3 N–H and O–H groups in total. The quantitative estimate of drug-likeness (QED) is 0.844. The summed E-state index contributed by atoms with van der Waals surface area (Å²) in [6.45, 7) is 9.23. The average Bonchev–Trinajstić information content (AvgIpc) is 2.61. The number of rotatable bonds is 3. The topological polar surface area (TPSA) is 98.8 Å². The van der Waals surface area contributed by atoms with Gasteiger partial charge in [-0.1, -0.05) is 6.07 Å². The van der Waals surface area contributed by atoms with Crippen LogP contribution >= 0.6 is 0 Å². The van der Waals surface area contributed by atoms with Crippen molar-refractivity contribution in [2.45, 2.75) is 51.9 Å². The minimum absolute atomic E-state index is 0.273.